The second kappa shape index (κ2) is 4.09. The van der Waals surface area contributed by atoms with Gasteiger partial charge in [-0.3, -0.25) is 0 Å². The third kappa shape index (κ3) is 3.23. The van der Waals surface area contributed by atoms with Gasteiger partial charge in [0.1, 0.15) is 0 Å². The lowest BCUT2D eigenvalue weighted by atomic mass is 9.82. The smallest absolute Gasteiger partial charge is 0.373 e. The van der Waals surface area contributed by atoms with Crippen LogP contribution in [0.15, 0.2) is 0 Å². The van der Waals surface area contributed by atoms with Gasteiger partial charge in [0.05, 0.1) is 0 Å². The lowest BCUT2D eigenvalue weighted by Crippen LogP contribution is -2.43. The summed E-state index contributed by atoms with van der Waals surface area (Å²) in [7, 11) is -0.380. The number of rotatable bonds is 2. The highest BCUT2D eigenvalue weighted by Crippen LogP contribution is 2.16. The van der Waals surface area contributed by atoms with E-state index in [0.29, 0.717) is 12.1 Å². The van der Waals surface area contributed by atoms with Crippen LogP contribution in [0.2, 0.25) is 6.82 Å². The summed E-state index contributed by atoms with van der Waals surface area (Å²) < 4.78 is 0. The molecule has 0 heterocycles. The van der Waals surface area contributed by atoms with E-state index in [2.05, 4.69) is 5.23 Å². The zero-order valence-corrected chi connectivity index (χ0v) is 7.09. The van der Waals surface area contributed by atoms with E-state index in [9.17, 15) is 0 Å². The summed E-state index contributed by atoms with van der Waals surface area (Å²) in [6, 6.07) is 0.872. The van der Waals surface area contributed by atoms with Crippen molar-refractivity contribution >= 4 is 7.05 Å². The third-order valence-electron chi connectivity index (χ3n) is 2.25. The van der Waals surface area contributed by atoms with Crippen LogP contribution >= 0.6 is 0 Å². The molecule has 4 N–H and O–H groups in total. The van der Waals surface area contributed by atoms with Crippen molar-refractivity contribution in [3.63, 3.8) is 0 Å². The van der Waals surface area contributed by atoms with Crippen LogP contribution in [0.4, 0.5) is 0 Å². The van der Waals surface area contributed by atoms with Crippen LogP contribution in [0.3, 0.4) is 0 Å². The maximum atomic E-state index is 9.03. The van der Waals surface area contributed by atoms with Crippen molar-refractivity contribution in [1.82, 2.24) is 5.23 Å². The Labute approximate surface area is 68.5 Å². The Kier molecular flexibility index (Phi) is 3.36. The summed E-state index contributed by atoms with van der Waals surface area (Å²) in [5.41, 5.74) is 5.74. The van der Waals surface area contributed by atoms with Gasteiger partial charge in [-0.1, -0.05) is 0 Å². The molecule has 0 radical (unpaired) electrons. The molecule has 0 amide bonds. The van der Waals surface area contributed by atoms with Gasteiger partial charge in [0.25, 0.3) is 0 Å². The molecule has 1 aliphatic rings. The fraction of sp³-hybridized carbons (Fsp3) is 1.00. The highest BCUT2D eigenvalue weighted by molar-refractivity contribution is 6.45. The number of nitrogens with one attached hydrogen (secondary N) is 1. The molecule has 0 aromatic heterocycles. The van der Waals surface area contributed by atoms with Gasteiger partial charge in [-0.2, -0.15) is 0 Å². The SMILES string of the molecule is CB(O)N[C@H]1CC[C@H](N)CC1. The van der Waals surface area contributed by atoms with E-state index in [0.717, 1.165) is 25.7 Å². The maximum Gasteiger partial charge on any atom is 0.373 e. The first-order valence-corrected chi connectivity index (χ1v) is 4.38. The predicted octanol–water partition coefficient (Wildman–Crippen LogP) is -0.0438. The second-order valence-corrected chi connectivity index (χ2v) is 3.45. The molecule has 0 aromatic carbocycles. The van der Waals surface area contributed by atoms with E-state index in [-0.39, 0.29) is 7.05 Å². The van der Waals surface area contributed by atoms with Gasteiger partial charge in [0.2, 0.25) is 0 Å². The molecule has 1 rings (SSSR count). The van der Waals surface area contributed by atoms with Crippen LogP contribution in [-0.4, -0.2) is 24.2 Å². The van der Waals surface area contributed by atoms with Crippen molar-refractivity contribution in [2.45, 2.75) is 44.6 Å². The van der Waals surface area contributed by atoms with Crippen molar-refractivity contribution in [3.05, 3.63) is 0 Å². The molecule has 1 fully saturated rings. The van der Waals surface area contributed by atoms with Gasteiger partial charge in [-0.15, -0.1) is 0 Å². The monoisotopic (exact) mass is 156 g/mol. The van der Waals surface area contributed by atoms with E-state index in [1.807, 2.05) is 0 Å². The summed E-state index contributed by atoms with van der Waals surface area (Å²) >= 11 is 0. The third-order valence-corrected chi connectivity index (χ3v) is 2.25. The molecule has 11 heavy (non-hydrogen) atoms. The van der Waals surface area contributed by atoms with Crippen LogP contribution in [0, 0.1) is 0 Å². The Morgan fingerprint density at radius 1 is 1.36 bits per heavy atom. The van der Waals surface area contributed by atoms with E-state index in [4.69, 9.17) is 10.8 Å². The molecule has 0 aliphatic heterocycles. The highest BCUT2D eigenvalue weighted by atomic mass is 16.2. The number of nitrogens with two attached hydrogens (primary N) is 1. The maximum absolute atomic E-state index is 9.03. The topological polar surface area (TPSA) is 58.3 Å². The van der Waals surface area contributed by atoms with Crippen LogP contribution in [0.1, 0.15) is 25.7 Å². The zero-order valence-electron chi connectivity index (χ0n) is 7.09. The fourth-order valence-electron chi connectivity index (χ4n) is 1.63. The van der Waals surface area contributed by atoms with E-state index < -0.39 is 0 Å². The van der Waals surface area contributed by atoms with Crippen LogP contribution in [0.25, 0.3) is 0 Å². The van der Waals surface area contributed by atoms with E-state index in [1.54, 1.807) is 6.82 Å². The average molecular weight is 156 g/mol. The molecular formula is C7H17BN2O. The minimum atomic E-state index is -0.380. The molecule has 0 unspecified atom stereocenters. The average Bonchev–Trinajstić information content (AvgIpc) is 1.93. The van der Waals surface area contributed by atoms with Crippen molar-refractivity contribution in [1.29, 1.82) is 0 Å². The molecule has 0 atom stereocenters. The molecule has 1 aliphatic carbocycles. The number of hydrogen-bond donors (Lipinski definition) is 3. The van der Waals surface area contributed by atoms with Crippen LogP contribution < -0.4 is 11.0 Å². The molecule has 0 saturated heterocycles. The van der Waals surface area contributed by atoms with Crippen molar-refractivity contribution in [2.24, 2.45) is 5.73 Å². The lowest BCUT2D eigenvalue weighted by molar-refractivity contribution is 0.364. The zero-order chi connectivity index (χ0) is 8.27. The Morgan fingerprint density at radius 3 is 2.36 bits per heavy atom. The molecule has 0 aromatic rings. The quantitative estimate of drug-likeness (QED) is 0.491. The lowest BCUT2D eigenvalue weighted by Gasteiger charge is -2.27. The normalized spacial score (nSPS) is 31.9. The van der Waals surface area contributed by atoms with E-state index >= 15 is 0 Å². The molecule has 64 valence electrons. The van der Waals surface area contributed by atoms with Crippen LogP contribution in [-0.2, 0) is 0 Å². The fourth-order valence-corrected chi connectivity index (χ4v) is 1.63. The predicted molar refractivity (Wildman–Crippen MR) is 47.2 cm³/mol. The Hall–Kier alpha value is -0.0551. The second-order valence-electron chi connectivity index (χ2n) is 3.45. The van der Waals surface area contributed by atoms with Gasteiger partial charge in [0, 0.05) is 6.04 Å². The standard InChI is InChI=1S/C7H17BN2O/c1-8(11)10-7-4-2-6(9)3-5-7/h6-7,10-11H,2-5,9H2,1H3/t6-,7-. The molecular weight excluding hydrogens is 139 g/mol. The first-order chi connectivity index (χ1) is 5.18. The van der Waals surface area contributed by atoms with Gasteiger partial charge in [0.15, 0.2) is 0 Å². The Morgan fingerprint density at radius 2 is 1.91 bits per heavy atom. The van der Waals surface area contributed by atoms with Crippen molar-refractivity contribution < 1.29 is 5.02 Å². The summed E-state index contributed by atoms with van der Waals surface area (Å²) in [6.45, 7) is 1.76. The van der Waals surface area contributed by atoms with Crippen molar-refractivity contribution in [3.8, 4) is 0 Å². The van der Waals surface area contributed by atoms with Gasteiger partial charge in [-0.05, 0) is 38.5 Å². The first-order valence-electron chi connectivity index (χ1n) is 4.38. The van der Waals surface area contributed by atoms with Gasteiger partial charge in [-0.25, -0.2) is 0 Å². The Bertz CT molecular complexity index is 113. The summed E-state index contributed by atoms with van der Waals surface area (Å²) in [5.74, 6) is 0. The molecule has 4 heteroatoms. The Balaban J connectivity index is 2.17. The molecule has 1 saturated carbocycles. The molecule has 0 bridgehead atoms. The van der Waals surface area contributed by atoms with Crippen molar-refractivity contribution in [2.75, 3.05) is 0 Å². The first kappa shape index (κ1) is 9.04. The summed E-state index contributed by atoms with van der Waals surface area (Å²) in [4.78, 5) is 0. The summed E-state index contributed by atoms with van der Waals surface area (Å²) in [5, 5.41) is 12.1. The molecule has 0 spiro atoms. The largest absolute Gasteiger partial charge is 0.437 e. The van der Waals surface area contributed by atoms with Gasteiger partial charge < -0.3 is 16.0 Å². The van der Waals surface area contributed by atoms with Gasteiger partial charge >= 0.3 is 7.05 Å². The molecule has 3 nitrogen and oxygen atoms in total. The minimum Gasteiger partial charge on any atom is -0.437 e. The number of hydrogen-bond acceptors (Lipinski definition) is 3. The van der Waals surface area contributed by atoms with E-state index in [1.165, 1.54) is 0 Å². The highest BCUT2D eigenvalue weighted by Gasteiger charge is 2.19. The minimum absolute atomic E-state index is 0.380. The summed E-state index contributed by atoms with van der Waals surface area (Å²) in [6.07, 6.45) is 4.38. The van der Waals surface area contributed by atoms with Crippen LogP contribution in [0.5, 0.6) is 0 Å².